The molecule has 2 heteroatoms. The highest BCUT2D eigenvalue weighted by Crippen LogP contribution is 2.15. The van der Waals surface area contributed by atoms with Gasteiger partial charge in [-0.2, -0.15) is 0 Å². The van der Waals surface area contributed by atoms with Crippen molar-refractivity contribution in [2.24, 2.45) is 0 Å². The van der Waals surface area contributed by atoms with Crippen LogP contribution in [0.3, 0.4) is 0 Å². The Kier molecular flexibility index (Phi) is 5.47. The van der Waals surface area contributed by atoms with Gasteiger partial charge in [-0.3, -0.25) is 9.97 Å². The Labute approximate surface area is 142 Å². The molecule has 0 saturated heterocycles. The number of hydrogen-bond donors (Lipinski definition) is 0. The molecule has 116 valence electrons. The van der Waals surface area contributed by atoms with Crippen LogP contribution in [0.5, 0.6) is 0 Å². The summed E-state index contributed by atoms with van der Waals surface area (Å²) in [5.74, 6) is 0. The van der Waals surface area contributed by atoms with E-state index in [0.717, 1.165) is 22.5 Å². The van der Waals surface area contributed by atoms with Crippen LogP contribution in [-0.4, -0.2) is 9.97 Å². The van der Waals surface area contributed by atoms with Crippen molar-refractivity contribution in [2.45, 2.75) is 0 Å². The lowest BCUT2D eigenvalue weighted by atomic mass is 10.1. The Morgan fingerprint density at radius 2 is 0.750 bits per heavy atom. The zero-order valence-corrected chi connectivity index (χ0v) is 13.3. The number of pyridine rings is 2. The normalized spacial score (nSPS) is 9.67. The van der Waals surface area contributed by atoms with E-state index in [1.807, 2.05) is 85.2 Å². The maximum absolute atomic E-state index is 4.25. The molecular formula is C22H18N2. The summed E-state index contributed by atoms with van der Waals surface area (Å²) in [6.45, 7) is 0. The molecule has 4 aromatic rings. The zero-order chi connectivity index (χ0) is 16.5. The maximum Gasteiger partial charge on any atom is 0.0701 e. The lowest BCUT2D eigenvalue weighted by Gasteiger charge is -1.97. The summed E-state index contributed by atoms with van der Waals surface area (Å²) in [6.07, 6.45) is 3.62. The highest BCUT2D eigenvalue weighted by molar-refractivity contribution is 5.58. The van der Waals surface area contributed by atoms with Gasteiger partial charge in [0.1, 0.15) is 0 Å². The lowest BCUT2D eigenvalue weighted by molar-refractivity contribution is 1.33. The minimum Gasteiger partial charge on any atom is -0.256 e. The molecule has 0 fully saturated rings. The maximum atomic E-state index is 4.25. The fraction of sp³-hybridized carbons (Fsp3) is 0. The van der Waals surface area contributed by atoms with Gasteiger partial charge in [0.25, 0.3) is 0 Å². The van der Waals surface area contributed by atoms with Crippen LogP contribution in [0.15, 0.2) is 109 Å². The van der Waals surface area contributed by atoms with Crippen molar-refractivity contribution in [3.8, 4) is 22.5 Å². The van der Waals surface area contributed by atoms with E-state index in [4.69, 9.17) is 0 Å². The molecule has 0 aliphatic carbocycles. The predicted octanol–water partition coefficient (Wildman–Crippen LogP) is 5.50. The average molecular weight is 310 g/mol. The van der Waals surface area contributed by atoms with E-state index in [9.17, 15) is 0 Å². The molecule has 24 heavy (non-hydrogen) atoms. The fourth-order valence-corrected chi connectivity index (χ4v) is 2.28. The van der Waals surface area contributed by atoms with Crippen LogP contribution < -0.4 is 0 Å². The van der Waals surface area contributed by atoms with Crippen LogP contribution in [0, 0.1) is 0 Å². The third-order valence-corrected chi connectivity index (χ3v) is 3.47. The van der Waals surface area contributed by atoms with Gasteiger partial charge in [-0.05, 0) is 24.3 Å². The van der Waals surface area contributed by atoms with Gasteiger partial charge in [0.2, 0.25) is 0 Å². The summed E-state index contributed by atoms with van der Waals surface area (Å²) in [5, 5.41) is 0. The lowest BCUT2D eigenvalue weighted by Crippen LogP contribution is -1.79. The van der Waals surface area contributed by atoms with Crippen molar-refractivity contribution in [3.05, 3.63) is 109 Å². The SMILES string of the molecule is c1ccc(-c2ccccn2)cc1.c1ccc(-c2ccccn2)cc1. The van der Waals surface area contributed by atoms with Gasteiger partial charge in [-0.1, -0.05) is 72.8 Å². The molecule has 0 atom stereocenters. The second-order valence-corrected chi connectivity index (χ2v) is 5.16. The van der Waals surface area contributed by atoms with Crippen molar-refractivity contribution in [1.82, 2.24) is 9.97 Å². The highest BCUT2D eigenvalue weighted by atomic mass is 14.7. The molecule has 2 aromatic carbocycles. The summed E-state index contributed by atoms with van der Waals surface area (Å²) in [6, 6.07) is 32.2. The first-order chi connectivity index (χ1) is 11.9. The number of nitrogens with zero attached hydrogens (tertiary/aromatic N) is 2. The van der Waals surface area contributed by atoms with Crippen molar-refractivity contribution >= 4 is 0 Å². The molecule has 0 saturated carbocycles. The van der Waals surface area contributed by atoms with Gasteiger partial charge >= 0.3 is 0 Å². The van der Waals surface area contributed by atoms with E-state index in [1.165, 1.54) is 0 Å². The molecule has 0 aliphatic heterocycles. The first-order valence-corrected chi connectivity index (χ1v) is 7.86. The number of aromatic nitrogens is 2. The monoisotopic (exact) mass is 310 g/mol. The molecule has 2 aromatic heterocycles. The van der Waals surface area contributed by atoms with Crippen LogP contribution in [0.4, 0.5) is 0 Å². The van der Waals surface area contributed by atoms with Crippen molar-refractivity contribution in [1.29, 1.82) is 0 Å². The van der Waals surface area contributed by atoms with Gasteiger partial charge in [-0.25, -0.2) is 0 Å². The van der Waals surface area contributed by atoms with E-state index < -0.39 is 0 Å². The van der Waals surface area contributed by atoms with Crippen LogP contribution in [0.25, 0.3) is 22.5 Å². The highest BCUT2D eigenvalue weighted by Gasteiger charge is 1.94. The van der Waals surface area contributed by atoms with Crippen molar-refractivity contribution < 1.29 is 0 Å². The topological polar surface area (TPSA) is 25.8 Å². The summed E-state index contributed by atoms with van der Waals surface area (Å²) < 4.78 is 0. The smallest absolute Gasteiger partial charge is 0.0701 e. The van der Waals surface area contributed by atoms with E-state index >= 15 is 0 Å². The molecule has 0 spiro atoms. The third kappa shape index (κ3) is 4.37. The summed E-state index contributed by atoms with van der Waals surface area (Å²) in [7, 11) is 0. The Hall–Kier alpha value is -3.26. The van der Waals surface area contributed by atoms with E-state index in [0.29, 0.717) is 0 Å². The molecule has 2 heterocycles. The number of benzene rings is 2. The second-order valence-electron chi connectivity index (χ2n) is 5.16. The third-order valence-electron chi connectivity index (χ3n) is 3.47. The summed E-state index contributed by atoms with van der Waals surface area (Å²) >= 11 is 0. The molecule has 0 amide bonds. The summed E-state index contributed by atoms with van der Waals surface area (Å²) in [4.78, 5) is 8.50. The molecule has 0 N–H and O–H groups in total. The molecule has 0 aliphatic rings. The van der Waals surface area contributed by atoms with Gasteiger partial charge < -0.3 is 0 Å². The largest absolute Gasteiger partial charge is 0.256 e. The van der Waals surface area contributed by atoms with Gasteiger partial charge in [0.15, 0.2) is 0 Å². The van der Waals surface area contributed by atoms with E-state index in [1.54, 1.807) is 0 Å². The Morgan fingerprint density at radius 1 is 0.375 bits per heavy atom. The minimum atomic E-state index is 1.03. The van der Waals surface area contributed by atoms with Crippen LogP contribution in [0.1, 0.15) is 0 Å². The molecule has 0 bridgehead atoms. The quantitative estimate of drug-likeness (QED) is 0.489. The van der Waals surface area contributed by atoms with Gasteiger partial charge in [0, 0.05) is 23.5 Å². The predicted molar refractivity (Wildman–Crippen MR) is 99.3 cm³/mol. The number of hydrogen-bond acceptors (Lipinski definition) is 2. The molecule has 0 radical (unpaired) electrons. The Morgan fingerprint density at radius 3 is 1.08 bits per heavy atom. The average Bonchev–Trinajstić information content (AvgIpc) is 2.71. The standard InChI is InChI=1S/2C11H9N/c2*1-2-6-10(7-3-1)11-8-4-5-9-12-11/h2*1-9H. The van der Waals surface area contributed by atoms with Crippen molar-refractivity contribution in [2.75, 3.05) is 0 Å². The van der Waals surface area contributed by atoms with E-state index in [2.05, 4.69) is 34.2 Å². The molecule has 4 rings (SSSR count). The molecule has 2 nitrogen and oxygen atoms in total. The van der Waals surface area contributed by atoms with Crippen LogP contribution in [0.2, 0.25) is 0 Å². The Balaban J connectivity index is 0.000000141. The van der Waals surface area contributed by atoms with Crippen LogP contribution >= 0.6 is 0 Å². The second kappa shape index (κ2) is 8.39. The van der Waals surface area contributed by atoms with Gasteiger partial charge in [0.05, 0.1) is 11.4 Å². The Bertz CT molecular complexity index is 680. The van der Waals surface area contributed by atoms with Gasteiger partial charge in [-0.15, -0.1) is 0 Å². The first-order valence-electron chi connectivity index (χ1n) is 7.86. The number of rotatable bonds is 2. The fourth-order valence-electron chi connectivity index (χ4n) is 2.28. The van der Waals surface area contributed by atoms with Crippen molar-refractivity contribution in [3.63, 3.8) is 0 Å². The summed E-state index contributed by atoms with van der Waals surface area (Å²) in [5.41, 5.74) is 4.38. The zero-order valence-electron chi connectivity index (χ0n) is 13.3. The first kappa shape index (κ1) is 15.6. The molecule has 0 unspecified atom stereocenters. The van der Waals surface area contributed by atoms with E-state index in [-0.39, 0.29) is 0 Å². The minimum absolute atomic E-state index is 1.03. The van der Waals surface area contributed by atoms with Crippen LogP contribution in [-0.2, 0) is 0 Å². The molecular weight excluding hydrogens is 292 g/mol.